The number of benzene rings is 1. The van der Waals surface area contributed by atoms with E-state index in [-0.39, 0.29) is 31.3 Å². The van der Waals surface area contributed by atoms with Crippen molar-refractivity contribution >= 4 is 5.91 Å². The van der Waals surface area contributed by atoms with Crippen molar-refractivity contribution in [3.8, 4) is 11.5 Å². The van der Waals surface area contributed by atoms with Gasteiger partial charge < -0.3 is 19.3 Å². The molecule has 0 aliphatic carbocycles. The Balaban J connectivity index is 1.34. The van der Waals surface area contributed by atoms with Gasteiger partial charge in [0, 0.05) is 6.04 Å². The van der Waals surface area contributed by atoms with Gasteiger partial charge >= 0.3 is 0 Å². The van der Waals surface area contributed by atoms with Crippen LogP contribution in [-0.4, -0.2) is 28.9 Å². The second-order valence-electron chi connectivity index (χ2n) is 5.70. The van der Waals surface area contributed by atoms with Crippen molar-refractivity contribution in [2.75, 3.05) is 6.79 Å². The number of nitrogens with one attached hydrogen (secondary N) is 3. The number of carbonyl (C=O) groups excluding carboxylic acids is 1. The van der Waals surface area contributed by atoms with Gasteiger partial charge in [0.2, 0.25) is 18.6 Å². The minimum absolute atomic E-state index is 0.0147. The molecule has 126 valence electrons. The maximum atomic E-state index is 12.2. The van der Waals surface area contributed by atoms with Crippen LogP contribution in [0.1, 0.15) is 29.7 Å². The highest BCUT2D eigenvalue weighted by Gasteiger charge is 2.31. The number of hydrogen-bond acceptors (Lipinski definition) is 8. The lowest BCUT2D eigenvalue weighted by Crippen LogP contribution is -2.42. The van der Waals surface area contributed by atoms with Gasteiger partial charge in [-0.25, -0.2) is 10.9 Å². The minimum atomic E-state index is -0.343. The molecule has 0 radical (unpaired) electrons. The van der Waals surface area contributed by atoms with Crippen molar-refractivity contribution in [3.05, 3.63) is 35.5 Å². The average molecular weight is 331 g/mol. The van der Waals surface area contributed by atoms with E-state index in [1.165, 1.54) is 0 Å². The Kier molecular flexibility index (Phi) is 3.79. The Morgan fingerprint density at radius 2 is 2.21 bits per heavy atom. The molecule has 3 N–H and O–H groups in total. The molecule has 0 spiro atoms. The van der Waals surface area contributed by atoms with E-state index < -0.39 is 0 Å². The molecule has 1 aromatic heterocycles. The Morgan fingerprint density at radius 1 is 1.33 bits per heavy atom. The summed E-state index contributed by atoms with van der Waals surface area (Å²) in [5.74, 6) is 2.28. The molecule has 1 amide bonds. The van der Waals surface area contributed by atoms with Crippen LogP contribution in [0.2, 0.25) is 0 Å². The normalized spacial score (nSPS) is 21.9. The Hall–Kier alpha value is -2.65. The first-order valence-electron chi connectivity index (χ1n) is 7.66. The fourth-order valence-electron chi connectivity index (χ4n) is 2.77. The van der Waals surface area contributed by atoms with Crippen LogP contribution >= 0.6 is 0 Å². The largest absolute Gasteiger partial charge is 0.454 e. The van der Waals surface area contributed by atoms with Crippen molar-refractivity contribution in [2.45, 2.75) is 32.0 Å². The molecule has 9 nitrogen and oxygen atoms in total. The van der Waals surface area contributed by atoms with Crippen LogP contribution in [0.15, 0.2) is 22.7 Å². The Labute approximate surface area is 137 Å². The van der Waals surface area contributed by atoms with Crippen molar-refractivity contribution < 1.29 is 18.8 Å². The molecule has 24 heavy (non-hydrogen) atoms. The summed E-state index contributed by atoms with van der Waals surface area (Å²) >= 11 is 0. The predicted molar refractivity (Wildman–Crippen MR) is 80.9 cm³/mol. The fourth-order valence-corrected chi connectivity index (χ4v) is 2.77. The van der Waals surface area contributed by atoms with Gasteiger partial charge in [-0.3, -0.25) is 4.79 Å². The number of carbonyl (C=O) groups is 1. The summed E-state index contributed by atoms with van der Waals surface area (Å²) in [4.78, 5) is 16.3. The molecule has 9 heteroatoms. The molecule has 2 aromatic rings. The molecule has 1 saturated heterocycles. The lowest BCUT2D eigenvalue weighted by atomic mass is 10.0. The quantitative estimate of drug-likeness (QED) is 0.735. The molecule has 2 aliphatic rings. The monoisotopic (exact) mass is 331 g/mol. The molecule has 2 aliphatic heterocycles. The number of hydrazine groups is 1. The summed E-state index contributed by atoms with van der Waals surface area (Å²) in [6.07, 6.45) is 0.619. The van der Waals surface area contributed by atoms with Gasteiger partial charge in [-0.1, -0.05) is 11.2 Å². The first-order chi connectivity index (χ1) is 11.7. The van der Waals surface area contributed by atoms with E-state index >= 15 is 0 Å². The summed E-state index contributed by atoms with van der Waals surface area (Å²) < 4.78 is 15.7. The molecule has 1 aromatic carbocycles. The maximum Gasteiger partial charge on any atom is 0.246 e. The van der Waals surface area contributed by atoms with Gasteiger partial charge in [0.15, 0.2) is 17.3 Å². The van der Waals surface area contributed by atoms with E-state index in [4.69, 9.17) is 14.0 Å². The van der Waals surface area contributed by atoms with Crippen LogP contribution in [0.4, 0.5) is 0 Å². The predicted octanol–water partition coefficient (Wildman–Crippen LogP) is 0.331. The molecule has 0 bridgehead atoms. The maximum absolute atomic E-state index is 12.2. The summed E-state index contributed by atoms with van der Waals surface area (Å²) in [5.41, 5.74) is 7.19. The topological polar surface area (TPSA) is 111 Å². The molecule has 1 fully saturated rings. The Bertz CT molecular complexity index is 762. The molecule has 2 atom stereocenters. The van der Waals surface area contributed by atoms with Gasteiger partial charge in [-0.15, -0.1) is 0 Å². The first kappa shape index (κ1) is 14.9. The van der Waals surface area contributed by atoms with E-state index in [2.05, 4.69) is 26.3 Å². The SMILES string of the molecule is Cc1noc(CNC(=O)C2CC(c3ccc4c(c3)OCO4)NN2)n1. The van der Waals surface area contributed by atoms with Crippen molar-refractivity contribution in [1.82, 2.24) is 26.3 Å². The average Bonchev–Trinajstić information content (AvgIpc) is 3.32. The van der Waals surface area contributed by atoms with Crippen molar-refractivity contribution in [3.63, 3.8) is 0 Å². The lowest BCUT2D eigenvalue weighted by molar-refractivity contribution is -0.123. The zero-order valence-corrected chi connectivity index (χ0v) is 13.0. The third-order valence-corrected chi connectivity index (χ3v) is 4.00. The van der Waals surface area contributed by atoms with E-state index in [9.17, 15) is 4.79 Å². The fraction of sp³-hybridized carbons (Fsp3) is 0.400. The first-order valence-corrected chi connectivity index (χ1v) is 7.66. The van der Waals surface area contributed by atoms with Gasteiger partial charge in [-0.2, -0.15) is 4.98 Å². The second-order valence-corrected chi connectivity index (χ2v) is 5.70. The molecule has 0 saturated carbocycles. The number of amides is 1. The third-order valence-electron chi connectivity index (χ3n) is 4.00. The van der Waals surface area contributed by atoms with Crippen LogP contribution < -0.4 is 25.6 Å². The second kappa shape index (κ2) is 6.10. The zero-order valence-electron chi connectivity index (χ0n) is 13.0. The van der Waals surface area contributed by atoms with Crippen LogP contribution in [0.3, 0.4) is 0 Å². The van der Waals surface area contributed by atoms with E-state index in [1.807, 2.05) is 18.2 Å². The van der Waals surface area contributed by atoms with Crippen molar-refractivity contribution in [1.29, 1.82) is 0 Å². The number of rotatable bonds is 4. The van der Waals surface area contributed by atoms with Crippen LogP contribution in [0, 0.1) is 6.92 Å². The number of ether oxygens (including phenoxy) is 2. The third kappa shape index (κ3) is 2.91. The molecule has 3 heterocycles. The minimum Gasteiger partial charge on any atom is -0.454 e. The Morgan fingerprint density at radius 3 is 3.04 bits per heavy atom. The molecular formula is C15H17N5O4. The number of fused-ring (bicyclic) bond motifs is 1. The number of aryl methyl sites for hydroxylation is 1. The zero-order chi connectivity index (χ0) is 16.5. The number of nitrogens with zero attached hydrogens (tertiary/aromatic N) is 2. The molecule has 4 rings (SSSR count). The van der Waals surface area contributed by atoms with Crippen LogP contribution in [0.5, 0.6) is 11.5 Å². The number of hydrogen-bond donors (Lipinski definition) is 3. The van der Waals surface area contributed by atoms with E-state index in [1.54, 1.807) is 6.92 Å². The van der Waals surface area contributed by atoms with Crippen LogP contribution in [0.25, 0.3) is 0 Å². The van der Waals surface area contributed by atoms with Gasteiger partial charge in [0.25, 0.3) is 0 Å². The van der Waals surface area contributed by atoms with E-state index in [0.717, 1.165) is 17.1 Å². The summed E-state index contributed by atoms with van der Waals surface area (Å²) in [6, 6.07) is 5.45. The standard InChI is InChI=1S/C15H17N5O4/c1-8-17-14(24-20-8)6-16-15(21)11-5-10(18-19-11)9-2-3-12-13(4-9)23-7-22-12/h2-4,10-11,18-19H,5-7H2,1H3,(H,16,21). The van der Waals surface area contributed by atoms with Gasteiger partial charge in [-0.05, 0) is 31.0 Å². The smallest absolute Gasteiger partial charge is 0.246 e. The van der Waals surface area contributed by atoms with Gasteiger partial charge in [0.1, 0.15) is 6.04 Å². The van der Waals surface area contributed by atoms with Crippen molar-refractivity contribution in [2.24, 2.45) is 0 Å². The van der Waals surface area contributed by atoms with E-state index in [0.29, 0.717) is 18.1 Å². The van der Waals surface area contributed by atoms with Crippen LogP contribution in [-0.2, 0) is 11.3 Å². The lowest BCUT2D eigenvalue weighted by Gasteiger charge is -2.10. The number of aromatic nitrogens is 2. The highest BCUT2D eigenvalue weighted by atomic mass is 16.7. The highest BCUT2D eigenvalue weighted by Crippen LogP contribution is 2.35. The molecular weight excluding hydrogens is 314 g/mol. The summed E-state index contributed by atoms with van der Waals surface area (Å²) in [6.45, 7) is 2.19. The molecule has 2 unspecified atom stereocenters. The summed E-state index contributed by atoms with van der Waals surface area (Å²) in [7, 11) is 0. The van der Waals surface area contributed by atoms with Gasteiger partial charge in [0.05, 0.1) is 6.54 Å². The summed E-state index contributed by atoms with van der Waals surface area (Å²) in [5, 5.41) is 6.47. The highest BCUT2D eigenvalue weighted by molar-refractivity contribution is 5.82.